The highest BCUT2D eigenvalue weighted by Crippen LogP contribution is 2.37. The van der Waals surface area contributed by atoms with Crippen LogP contribution < -0.4 is 5.32 Å². The van der Waals surface area contributed by atoms with Gasteiger partial charge in [-0.3, -0.25) is 4.79 Å². The lowest BCUT2D eigenvalue weighted by Crippen LogP contribution is -2.36. The van der Waals surface area contributed by atoms with E-state index < -0.39 is 30.2 Å². The smallest absolute Gasteiger partial charge is 0.335 e. The first-order valence-electron chi connectivity index (χ1n) is 7.84. The lowest BCUT2D eigenvalue weighted by atomic mass is 10.0. The number of halogens is 3. The fourth-order valence-electron chi connectivity index (χ4n) is 2.92. The molecule has 1 fully saturated rings. The van der Waals surface area contributed by atoms with Crippen LogP contribution >= 0.6 is 40.2 Å². The van der Waals surface area contributed by atoms with Crippen LogP contribution in [0.5, 0.6) is 0 Å². The summed E-state index contributed by atoms with van der Waals surface area (Å²) < 4.78 is 16.2. The molecule has 142 valence electrons. The van der Waals surface area contributed by atoms with E-state index in [9.17, 15) is 9.59 Å². The number of carbonyl (C=O) groups is 2. The number of methoxy groups -OCH3 is 1. The molecule has 6 nitrogen and oxygen atoms in total. The number of rotatable bonds is 5. The number of hydrogen-bond acceptors (Lipinski definition) is 6. The standard InChI is InChI=1S/C17H17Cl2NO5.BrH/c1-23-13-8-14(21)24-16(13)15(10-7-9(18)4-5-11(10)19)25-17(22)12-3-2-6-20-12;/h4-5,7-8,12,15-16,20H,2-3,6H2,1H3;1H/t12-,15?,16?;/m0./s1. The van der Waals surface area contributed by atoms with Crippen LogP contribution in [0.4, 0.5) is 0 Å². The van der Waals surface area contributed by atoms with Gasteiger partial charge in [-0.25, -0.2) is 4.79 Å². The molecule has 9 heteroatoms. The summed E-state index contributed by atoms with van der Waals surface area (Å²) in [6.07, 6.45) is 0.922. The summed E-state index contributed by atoms with van der Waals surface area (Å²) in [5.74, 6) is -0.741. The molecule has 3 atom stereocenters. The predicted molar refractivity (Wildman–Crippen MR) is 102 cm³/mol. The summed E-state index contributed by atoms with van der Waals surface area (Å²) in [5, 5.41) is 3.85. The Morgan fingerprint density at radius 3 is 2.81 bits per heavy atom. The van der Waals surface area contributed by atoms with Crippen LogP contribution in [0.2, 0.25) is 10.0 Å². The summed E-state index contributed by atoms with van der Waals surface area (Å²) in [6, 6.07) is 4.41. The average Bonchev–Trinajstić information content (AvgIpc) is 3.24. The molecule has 0 radical (unpaired) electrons. The van der Waals surface area contributed by atoms with Gasteiger partial charge in [-0.2, -0.15) is 0 Å². The number of hydrogen-bond donors (Lipinski definition) is 1. The highest BCUT2D eigenvalue weighted by Gasteiger charge is 2.40. The number of carbonyl (C=O) groups excluding carboxylic acids is 2. The Morgan fingerprint density at radius 2 is 2.15 bits per heavy atom. The van der Waals surface area contributed by atoms with Crippen LogP contribution in [0, 0.1) is 0 Å². The van der Waals surface area contributed by atoms with Crippen molar-refractivity contribution in [2.24, 2.45) is 0 Å². The summed E-state index contributed by atoms with van der Waals surface area (Å²) >= 11 is 12.3. The third-order valence-electron chi connectivity index (χ3n) is 4.15. The van der Waals surface area contributed by atoms with E-state index in [4.69, 9.17) is 37.4 Å². The lowest BCUT2D eigenvalue weighted by Gasteiger charge is -2.26. The molecule has 2 aliphatic heterocycles. The summed E-state index contributed by atoms with van der Waals surface area (Å²) in [4.78, 5) is 24.2. The number of benzene rings is 1. The molecule has 1 saturated heterocycles. The molecule has 1 aromatic rings. The molecule has 0 aromatic heterocycles. The third kappa shape index (κ3) is 4.52. The van der Waals surface area contributed by atoms with Gasteiger partial charge in [0.2, 0.25) is 0 Å². The van der Waals surface area contributed by atoms with Crippen molar-refractivity contribution in [3.63, 3.8) is 0 Å². The Hall–Kier alpha value is -1.28. The maximum atomic E-state index is 12.5. The Morgan fingerprint density at radius 1 is 1.38 bits per heavy atom. The monoisotopic (exact) mass is 465 g/mol. The molecule has 0 bridgehead atoms. The van der Waals surface area contributed by atoms with Crippen LogP contribution in [0.25, 0.3) is 0 Å². The van der Waals surface area contributed by atoms with Crippen LogP contribution in [0.3, 0.4) is 0 Å². The first kappa shape index (κ1) is 21.0. The minimum absolute atomic E-state index is 0. The molecule has 26 heavy (non-hydrogen) atoms. The van der Waals surface area contributed by atoms with Crippen molar-refractivity contribution in [2.45, 2.75) is 31.1 Å². The van der Waals surface area contributed by atoms with E-state index in [1.54, 1.807) is 18.2 Å². The molecule has 0 aliphatic carbocycles. The topological polar surface area (TPSA) is 73.9 Å². The van der Waals surface area contributed by atoms with E-state index in [0.717, 1.165) is 13.0 Å². The number of esters is 2. The zero-order valence-electron chi connectivity index (χ0n) is 13.9. The Labute approximate surface area is 171 Å². The van der Waals surface area contributed by atoms with Crippen LogP contribution in [-0.2, 0) is 23.8 Å². The Bertz CT molecular complexity index is 721. The number of ether oxygens (including phenoxy) is 3. The lowest BCUT2D eigenvalue weighted by molar-refractivity contribution is -0.164. The highest BCUT2D eigenvalue weighted by atomic mass is 79.9. The van der Waals surface area contributed by atoms with Gasteiger partial charge in [-0.15, -0.1) is 17.0 Å². The van der Waals surface area contributed by atoms with Gasteiger partial charge in [-0.05, 0) is 37.6 Å². The van der Waals surface area contributed by atoms with Gasteiger partial charge >= 0.3 is 11.9 Å². The maximum absolute atomic E-state index is 12.5. The maximum Gasteiger partial charge on any atom is 0.335 e. The van der Waals surface area contributed by atoms with Gasteiger partial charge in [0, 0.05) is 15.6 Å². The second-order valence-electron chi connectivity index (χ2n) is 5.78. The van der Waals surface area contributed by atoms with Gasteiger partial charge in [0.05, 0.1) is 13.2 Å². The van der Waals surface area contributed by atoms with Crippen LogP contribution in [0.1, 0.15) is 24.5 Å². The Kier molecular flexibility index (Phi) is 7.34. The van der Waals surface area contributed by atoms with Crippen molar-refractivity contribution < 1.29 is 23.8 Å². The molecule has 2 aliphatic rings. The first-order chi connectivity index (χ1) is 12.0. The minimum Gasteiger partial charge on any atom is -0.497 e. The van der Waals surface area contributed by atoms with Crippen molar-refractivity contribution in [2.75, 3.05) is 13.7 Å². The Balaban J connectivity index is 0.00000243. The third-order valence-corrected chi connectivity index (χ3v) is 4.73. The van der Waals surface area contributed by atoms with Crippen molar-refractivity contribution in [1.82, 2.24) is 5.32 Å². The van der Waals surface area contributed by atoms with Crippen molar-refractivity contribution in [3.05, 3.63) is 45.6 Å². The average molecular weight is 467 g/mol. The summed E-state index contributed by atoms with van der Waals surface area (Å²) in [7, 11) is 1.41. The van der Waals surface area contributed by atoms with Gasteiger partial charge in [0.1, 0.15) is 11.8 Å². The highest BCUT2D eigenvalue weighted by molar-refractivity contribution is 8.93. The van der Waals surface area contributed by atoms with Gasteiger partial charge < -0.3 is 19.5 Å². The van der Waals surface area contributed by atoms with E-state index in [1.807, 2.05) is 0 Å². The van der Waals surface area contributed by atoms with E-state index in [2.05, 4.69) is 5.32 Å². The predicted octanol–water partition coefficient (Wildman–Crippen LogP) is 3.36. The second kappa shape index (κ2) is 9.08. The SMILES string of the molecule is Br.COC1=CC(=O)OC1C(OC(=O)[C@@H]1CCCN1)c1cc(Cl)ccc1Cl. The number of cyclic esters (lactones) is 1. The van der Waals surface area contributed by atoms with Crippen LogP contribution in [0.15, 0.2) is 30.0 Å². The van der Waals surface area contributed by atoms with E-state index >= 15 is 0 Å². The largest absolute Gasteiger partial charge is 0.497 e. The molecule has 2 heterocycles. The zero-order chi connectivity index (χ0) is 18.0. The second-order valence-corrected chi connectivity index (χ2v) is 6.62. The molecule has 0 saturated carbocycles. The molecule has 1 aromatic carbocycles. The molecule has 3 rings (SSSR count). The molecular formula is C17H18BrCl2NO5. The van der Waals surface area contributed by atoms with Crippen molar-refractivity contribution in [3.8, 4) is 0 Å². The number of nitrogens with one attached hydrogen (secondary N) is 1. The van der Waals surface area contributed by atoms with E-state index in [1.165, 1.54) is 13.2 Å². The fraction of sp³-hybridized carbons (Fsp3) is 0.412. The van der Waals surface area contributed by atoms with Gasteiger partial charge in [-0.1, -0.05) is 23.2 Å². The molecular weight excluding hydrogens is 449 g/mol. The quantitative estimate of drug-likeness (QED) is 0.670. The zero-order valence-corrected chi connectivity index (χ0v) is 17.1. The fourth-order valence-corrected chi connectivity index (χ4v) is 3.32. The van der Waals surface area contributed by atoms with Gasteiger partial charge in [0.25, 0.3) is 0 Å². The van der Waals surface area contributed by atoms with Crippen molar-refractivity contribution >= 4 is 52.1 Å². The van der Waals surface area contributed by atoms with Crippen molar-refractivity contribution in [1.29, 1.82) is 0 Å². The molecule has 1 N–H and O–H groups in total. The summed E-state index contributed by atoms with van der Waals surface area (Å²) in [5.41, 5.74) is 0.447. The molecule has 0 spiro atoms. The normalized spacial score (nSPS) is 22.9. The van der Waals surface area contributed by atoms with Gasteiger partial charge in [0.15, 0.2) is 12.2 Å². The summed E-state index contributed by atoms with van der Waals surface area (Å²) in [6.45, 7) is 0.754. The molecule has 0 amide bonds. The van der Waals surface area contributed by atoms with E-state index in [0.29, 0.717) is 22.0 Å². The van der Waals surface area contributed by atoms with Crippen LogP contribution in [-0.4, -0.2) is 37.7 Å². The first-order valence-corrected chi connectivity index (χ1v) is 8.60. The molecule has 2 unspecified atom stereocenters. The minimum atomic E-state index is -0.959. The van der Waals surface area contributed by atoms with E-state index in [-0.39, 0.29) is 22.7 Å².